The Hall–Kier alpha value is -2.24. The summed E-state index contributed by atoms with van der Waals surface area (Å²) in [6, 6.07) is 10.3. The van der Waals surface area contributed by atoms with E-state index in [4.69, 9.17) is 27.9 Å². The normalized spacial score (nSPS) is 14.2. The van der Waals surface area contributed by atoms with Crippen molar-refractivity contribution in [2.75, 3.05) is 23.4 Å². The fourth-order valence-electron chi connectivity index (χ4n) is 3.03. The summed E-state index contributed by atoms with van der Waals surface area (Å²) in [6.07, 6.45) is 2.54. The molecule has 0 aromatic heterocycles. The number of ether oxygens (including phenoxy) is 1. The van der Waals surface area contributed by atoms with Gasteiger partial charge in [-0.15, -0.1) is 0 Å². The highest BCUT2D eigenvalue weighted by Gasteiger charge is 2.21. The van der Waals surface area contributed by atoms with E-state index in [9.17, 15) is 9.59 Å². The van der Waals surface area contributed by atoms with Crippen LogP contribution in [0, 0.1) is 6.92 Å². The van der Waals surface area contributed by atoms with Crippen LogP contribution in [0.1, 0.15) is 24.8 Å². The molecule has 1 N–H and O–H groups in total. The summed E-state index contributed by atoms with van der Waals surface area (Å²) in [5.41, 5.74) is 2.48. The molecule has 142 valence electrons. The fraction of sp³-hybridized carbons (Fsp3) is 0.300. The minimum Gasteiger partial charge on any atom is -0.482 e. The summed E-state index contributed by atoms with van der Waals surface area (Å²) in [4.78, 5) is 26.1. The van der Waals surface area contributed by atoms with Gasteiger partial charge in [0, 0.05) is 29.4 Å². The van der Waals surface area contributed by atoms with Gasteiger partial charge < -0.3 is 15.0 Å². The lowest BCUT2D eigenvalue weighted by Gasteiger charge is -2.28. The SMILES string of the molecule is Cc1cc(NC(=O)COc2ccc(Cl)cc2Cl)ccc1N1CCCCC1=O. The van der Waals surface area contributed by atoms with E-state index in [1.54, 1.807) is 24.3 Å². The van der Waals surface area contributed by atoms with Crippen molar-refractivity contribution >= 4 is 46.4 Å². The molecule has 0 unspecified atom stereocenters. The van der Waals surface area contributed by atoms with Crippen LogP contribution in [0.4, 0.5) is 11.4 Å². The molecular weight excluding hydrogens is 387 g/mol. The molecule has 3 rings (SSSR count). The predicted octanol–water partition coefficient (Wildman–Crippen LogP) is 4.84. The number of hydrogen-bond donors (Lipinski definition) is 1. The van der Waals surface area contributed by atoms with E-state index in [0.29, 0.717) is 27.9 Å². The Labute approximate surface area is 168 Å². The van der Waals surface area contributed by atoms with Crippen molar-refractivity contribution in [3.05, 3.63) is 52.0 Å². The monoisotopic (exact) mass is 406 g/mol. The third-order valence-electron chi connectivity index (χ3n) is 4.35. The van der Waals surface area contributed by atoms with Gasteiger partial charge in [0.15, 0.2) is 6.61 Å². The van der Waals surface area contributed by atoms with Crippen LogP contribution in [0.5, 0.6) is 5.75 Å². The molecule has 2 amide bonds. The first-order chi connectivity index (χ1) is 12.9. The van der Waals surface area contributed by atoms with Gasteiger partial charge in [0.2, 0.25) is 5.91 Å². The van der Waals surface area contributed by atoms with Gasteiger partial charge in [0.05, 0.1) is 5.02 Å². The third-order valence-corrected chi connectivity index (χ3v) is 4.88. The molecule has 0 saturated carbocycles. The van der Waals surface area contributed by atoms with Crippen LogP contribution >= 0.6 is 23.2 Å². The average molecular weight is 407 g/mol. The van der Waals surface area contributed by atoms with Crippen molar-refractivity contribution in [1.82, 2.24) is 0 Å². The van der Waals surface area contributed by atoms with E-state index in [0.717, 1.165) is 30.6 Å². The maximum absolute atomic E-state index is 12.1. The summed E-state index contributed by atoms with van der Waals surface area (Å²) in [5, 5.41) is 3.64. The maximum Gasteiger partial charge on any atom is 0.262 e. The van der Waals surface area contributed by atoms with E-state index in [-0.39, 0.29) is 18.4 Å². The van der Waals surface area contributed by atoms with Crippen LogP contribution in [0.15, 0.2) is 36.4 Å². The second-order valence-electron chi connectivity index (χ2n) is 6.42. The highest BCUT2D eigenvalue weighted by Crippen LogP contribution is 2.28. The quantitative estimate of drug-likeness (QED) is 0.772. The zero-order valence-electron chi connectivity index (χ0n) is 14.9. The van der Waals surface area contributed by atoms with Crippen molar-refractivity contribution in [1.29, 1.82) is 0 Å². The molecule has 0 aliphatic carbocycles. The highest BCUT2D eigenvalue weighted by molar-refractivity contribution is 6.35. The minimum atomic E-state index is -0.304. The zero-order chi connectivity index (χ0) is 19.4. The van der Waals surface area contributed by atoms with Crippen molar-refractivity contribution in [2.24, 2.45) is 0 Å². The number of anilines is 2. The second-order valence-corrected chi connectivity index (χ2v) is 7.26. The van der Waals surface area contributed by atoms with Crippen LogP contribution in [-0.2, 0) is 9.59 Å². The first kappa shape index (κ1) is 19.5. The number of benzene rings is 2. The Kier molecular flexibility index (Phi) is 6.24. The van der Waals surface area contributed by atoms with Crippen LogP contribution in [0.3, 0.4) is 0 Å². The summed E-state index contributed by atoms with van der Waals surface area (Å²) in [5.74, 6) is 0.239. The Morgan fingerprint density at radius 2 is 2.00 bits per heavy atom. The molecule has 0 atom stereocenters. The lowest BCUT2D eigenvalue weighted by atomic mass is 10.1. The van der Waals surface area contributed by atoms with E-state index >= 15 is 0 Å². The van der Waals surface area contributed by atoms with Crippen LogP contribution < -0.4 is 15.0 Å². The molecule has 0 spiro atoms. The number of halogens is 2. The van der Waals surface area contributed by atoms with E-state index in [2.05, 4.69) is 5.32 Å². The minimum absolute atomic E-state index is 0.148. The third kappa shape index (κ3) is 4.93. The molecule has 0 radical (unpaired) electrons. The van der Waals surface area contributed by atoms with Gasteiger partial charge in [-0.05, 0) is 61.7 Å². The topological polar surface area (TPSA) is 58.6 Å². The molecule has 1 aliphatic heterocycles. The number of aryl methyl sites for hydroxylation is 1. The Balaban J connectivity index is 1.61. The van der Waals surface area contributed by atoms with Crippen molar-refractivity contribution in [2.45, 2.75) is 26.2 Å². The fourth-order valence-corrected chi connectivity index (χ4v) is 3.49. The van der Waals surface area contributed by atoms with Crippen LogP contribution in [-0.4, -0.2) is 25.0 Å². The lowest BCUT2D eigenvalue weighted by molar-refractivity contribution is -0.119. The van der Waals surface area contributed by atoms with Crippen molar-refractivity contribution in [3.63, 3.8) is 0 Å². The maximum atomic E-state index is 12.1. The molecule has 1 aliphatic rings. The smallest absolute Gasteiger partial charge is 0.262 e. The molecular formula is C20H20Cl2N2O3. The number of carbonyl (C=O) groups excluding carboxylic acids is 2. The molecule has 1 fully saturated rings. The average Bonchev–Trinajstić information content (AvgIpc) is 2.62. The van der Waals surface area contributed by atoms with Crippen LogP contribution in [0.2, 0.25) is 10.0 Å². The summed E-state index contributed by atoms with van der Waals surface area (Å²) in [6.45, 7) is 2.49. The Morgan fingerprint density at radius 3 is 2.70 bits per heavy atom. The number of carbonyl (C=O) groups is 2. The summed E-state index contributed by atoms with van der Waals surface area (Å²) in [7, 11) is 0. The molecule has 1 saturated heterocycles. The Morgan fingerprint density at radius 1 is 1.19 bits per heavy atom. The van der Waals surface area contributed by atoms with Crippen molar-refractivity contribution in [3.8, 4) is 5.75 Å². The summed E-state index contributed by atoms with van der Waals surface area (Å²) < 4.78 is 5.43. The van der Waals surface area contributed by atoms with Crippen LogP contribution in [0.25, 0.3) is 0 Å². The molecule has 0 bridgehead atoms. The van der Waals surface area contributed by atoms with Gasteiger partial charge in [-0.3, -0.25) is 9.59 Å². The number of piperidine rings is 1. The molecule has 5 nitrogen and oxygen atoms in total. The molecule has 27 heavy (non-hydrogen) atoms. The predicted molar refractivity (Wildman–Crippen MR) is 108 cm³/mol. The molecule has 2 aromatic carbocycles. The molecule has 1 heterocycles. The van der Waals surface area contributed by atoms with Gasteiger partial charge in [-0.1, -0.05) is 23.2 Å². The standard InChI is InChI=1S/C20H20Cl2N2O3/c1-13-10-15(6-7-17(13)24-9-3-2-4-20(24)26)23-19(25)12-27-18-8-5-14(21)11-16(18)22/h5-8,10-11H,2-4,9,12H2,1H3,(H,23,25). The Bertz CT molecular complexity index is 870. The van der Waals surface area contributed by atoms with E-state index in [1.165, 1.54) is 0 Å². The number of hydrogen-bond acceptors (Lipinski definition) is 3. The first-order valence-corrected chi connectivity index (χ1v) is 9.48. The number of rotatable bonds is 5. The summed E-state index contributed by atoms with van der Waals surface area (Å²) >= 11 is 11.9. The van der Waals surface area contributed by atoms with Gasteiger partial charge in [-0.25, -0.2) is 0 Å². The zero-order valence-corrected chi connectivity index (χ0v) is 16.4. The molecule has 2 aromatic rings. The second kappa shape index (κ2) is 8.63. The van der Waals surface area contributed by atoms with Crippen molar-refractivity contribution < 1.29 is 14.3 Å². The number of nitrogens with zero attached hydrogens (tertiary/aromatic N) is 1. The molecule has 7 heteroatoms. The lowest BCUT2D eigenvalue weighted by Crippen LogP contribution is -2.35. The van der Waals surface area contributed by atoms with E-state index < -0.39 is 0 Å². The number of nitrogens with one attached hydrogen (secondary N) is 1. The van der Waals surface area contributed by atoms with Gasteiger partial charge >= 0.3 is 0 Å². The van der Waals surface area contributed by atoms with E-state index in [1.807, 2.05) is 24.0 Å². The first-order valence-electron chi connectivity index (χ1n) is 8.73. The highest BCUT2D eigenvalue weighted by atomic mass is 35.5. The number of amides is 2. The van der Waals surface area contributed by atoms with Gasteiger partial charge in [-0.2, -0.15) is 0 Å². The largest absolute Gasteiger partial charge is 0.482 e. The van der Waals surface area contributed by atoms with Gasteiger partial charge in [0.25, 0.3) is 5.91 Å². The van der Waals surface area contributed by atoms with Gasteiger partial charge in [0.1, 0.15) is 5.75 Å².